The molecule has 0 saturated heterocycles. The van der Waals surface area contributed by atoms with Gasteiger partial charge in [-0.1, -0.05) is 39.7 Å². The third-order valence-corrected chi connectivity index (χ3v) is 3.67. The van der Waals surface area contributed by atoms with E-state index in [1.165, 1.54) is 18.2 Å². The fourth-order valence-corrected chi connectivity index (χ4v) is 2.79. The van der Waals surface area contributed by atoms with Gasteiger partial charge < -0.3 is 9.64 Å². The highest BCUT2D eigenvalue weighted by Gasteiger charge is 2.31. The molecule has 0 unspecified atom stereocenters. The third kappa shape index (κ3) is 6.42. The summed E-state index contributed by atoms with van der Waals surface area (Å²) in [6.07, 6.45) is -0.254. The lowest BCUT2D eigenvalue weighted by atomic mass is 10.0. The Balaban J connectivity index is 3.17. The van der Waals surface area contributed by atoms with Crippen molar-refractivity contribution in [2.24, 2.45) is 0 Å². The van der Waals surface area contributed by atoms with Crippen LogP contribution in [0.15, 0.2) is 24.3 Å². The molecule has 3 nitrogen and oxygen atoms in total. The predicted octanol–water partition coefficient (Wildman–Crippen LogP) is 5.69. The number of nitrogens with zero attached hydrogens (tertiary/aromatic N) is 1. The van der Waals surface area contributed by atoms with Crippen molar-refractivity contribution in [2.45, 2.75) is 71.7 Å². The first-order valence-corrected chi connectivity index (χ1v) is 8.50. The number of benzene rings is 1. The molecule has 24 heavy (non-hydrogen) atoms. The lowest BCUT2D eigenvalue weighted by Gasteiger charge is -2.32. The minimum absolute atomic E-state index is 0.0137. The molecular formula is C18H26F3NO2. The first-order valence-electron chi connectivity index (χ1n) is 8.50. The molecule has 0 aliphatic heterocycles. The largest absolute Gasteiger partial charge is 0.573 e. The summed E-state index contributed by atoms with van der Waals surface area (Å²) in [4.78, 5) is 14.2. The molecule has 0 heterocycles. The fourth-order valence-electron chi connectivity index (χ4n) is 2.79. The molecule has 0 aromatic heterocycles. The van der Waals surface area contributed by atoms with E-state index in [9.17, 15) is 18.0 Å². The Morgan fingerprint density at radius 1 is 1.12 bits per heavy atom. The van der Waals surface area contributed by atoms with E-state index in [0.717, 1.165) is 25.7 Å². The molecule has 1 aromatic carbocycles. The lowest BCUT2D eigenvalue weighted by molar-refractivity contribution is -0.274. The number of alkyl halides is 3. The molecule has 0 aliphatic carbocycles. The molecule has 0 atom stereocenters. The number of carbonyl (C=O) groups is 1. The zero-order chi connectivity index (χ0) is 18.2. The molecule has 0 fully saturated rings. The summed E-state index contributed by atoms with van der Waals surface area (Å²) in [5.74, 6) is -0.366. The van der Waals surface area contributed by atoms with Gasteiger partial charge in [-0.2, -0.15) is 0 Å². The van der Waals surface area contributed by atoms with Gasteiger partial charge in [-0.05, 0) is 31.4 Å². The first kappa shape index (κ1) is 20.3. The van der Waals surface area contributed by atoms with Crippen molar-refractivity contribution in [3.63, 3.8) is 0 Å². The van der Waals surface area contributed by atoms with Crippen LogP contribution in [-0.2, 0) is 4.79 Å². The number of anilines is 1. The SMILES string of the molecule is CCCC(=O)N(c1cccc(OC(F)(F)F)c1)C(CCC)CCC. The zero-order valence-corrected chi connectivity index (χ0v) is 14.5. The van der Waals surface area contributed by atoms with Crippen LogP contribution in [0.25, 0.3) is 0 Å². The van der Waals surface area contributed by atoms with E-state index < -0.39 is 6.36 Å². The number of hydrogen-bond acceptors (Lipinski definition) is 2. The van der Waals surface area contributed by atoms with E-state index in [0.29, 0.717) is 18.5 Å². The Morgan fingerprint density at radius 2 is 1.75 bits per heavy atom. The van der Waals surface area contributed by atoms with Gasteiger partial charge in [0, 0.05) is 24.2 Å². The Morgan fingerprint density at radius 3 is 2.25 bits per heavy atom. The quantitative estimate of drug-likeness (QED) is 0.575. The summed E-state index contributed by atoms with van der Waals surface area (Å²) < 4.78 is 41.3. The molecule has 6 heteroatoms. The summed E-state index contributed by atoms with van der Waals surface area (Å²) in [5.41, 5.74) is 0.460. The van der Waals surface area contributed by atoms with Crippen LogP contribution in [0.3, 0.4) is 0 Å². The van der Waals surface area contributed by atoms with Gasteiger partial charge in [0.05, 0.1) is 0 Å². The van der Waals surface area contributed by atoms with Gasteiger partial charge in [0.1, 0.15) is 5.75 Å². The molecule has 1 aromatic rings. The van der Waals surface area contributed by atoms with Crippen molar-refractivity contribution in [2.75, 3.05) is 4.90 Å². The second-order valence-electron chi connectivity index (χ2n) is 5.79. The lowest BCUT2D eigenvalue weighted by Crippen LogP contribution is -2.40. The number of ether oxygens (including phenoxy) is 1. The molecule has 1 amide bonds. The van der Waals surface area contributed by atoms with Crippen LogP contribution in [-0.4, -0.2) is 18.3 Å². The maximum atomic E-state index is 12.6. The first-order chi connectivity index (χ1) is 11.3. The van der Waals surface area contributed by atoms with Crippen LogP contribution >= 0.6 is 0 Å². The van der Waals surface area contributed by atoms with Crippen molar-refractivity contribution in [1.29, 1.82) is 0 Å². The Hall–Kier alpha value is -1.72. The van der Waals surface area contributed by atoms with Crippen LogP contribution in [0.4, 0.5) is 18.9 Å². The van der Waals surface area contributed by atoms with Gasteiger partial charge in [0.25, 0.3) is 0 Å². The molecule has 136 valence electrons. The maximum Gasteiger partial charge on any atom is 0.573 e. The molecule has 0 saturated carbocycles. The van der Waals surface area contributed by atoms with Gasteiger partial charge in [-0.15, -0.1) is 13.2 Å². The minimum Gasteiger partial charge on any atom is -0.406 e. The van der Waals surface area contributed by atoms with E-state index in [-0.39, 0.29) is 17.7 Å². The van der Waals surface area contributed by atoms with E-state index in [4.69, 9.17) is 0 Å². The summed E-state index contributed by atoms with van der Waals surface area (Å²) in [7, 11) is 0. The topological polar surface area (TPSA) is 29.5 Å². The van der Waals surface area contributed by atoms with Crippen molar-refractivity contribution in [3.05, 3.63) is 24.3 Å². The molecule has 0 aliphatic rings. The monoisotopic (exact) mass is 345 g/mol. The normalized spacial score (nSPS) is 11.6. The van der Waals surface area contributed by atoms with E-state index in [2.05, 4.69) is 4.74 Å². The molecule has 0 spiro atoms. The van der Waals surface area contributed by atoms with Crippen molar-refractivity contribution >= 4 is 11.6 Å². The van der Waals surface area contributed by atoms with E-state index in [1.54, 1.807) is 11.0 Å². The average Bonchev–Trinajstić information content (AvgIpc) is 2.47. The molecular weight excluding hydrogens is 319 g/mol. The predicted molar refractivity (Wildman–Crippen MR) is 89.1 cm³/mol. The number of halogens is 3. The highest BCUT2D eigenvalue weighted by Crippen LogP contribution is 2.30. The van der Waals surface area contributed by atoms with Crippen molar-refractivity contribution < 1.29 is 22.7 Å². The fraction of sp³-hybridized carbons (Fsp3) is 0.611. The Kier molecular flexibility index (Phi) is 8.08. The van der Waals surface area contributed by atoms with Gasteiger partial charge in [-0.25, -0.2) is 0 Å². The summed E-state index contributed by atoms with van der Waals surface area (Å²) in [6.45, 7) is 5.98. The van der Waals surface area contributed by atoms with Crippen LogP contribution in [0.2, 0.25) is 0 Å². The smallest absolute Gasteiger partial charge is 0.406 e. The summed E-state index contributed by atoms with van der Waals surface area (Å²) in [6, 6.07) is 5.67. The summed E-state index contributed by atoms with van der Waals surface area (Å²) in [5, 5.41) is 0. The molecule has 0 N–H and O–H groups in total. The summed E-state index contributed by atoms with van der Waals surface area (Å²) >= 11 is 0. The van der Waals surface area contributed by atoms with Crippen LogP contribution in [0.5, 0.6) is 5.75 Å². The van der Waals surface area contributed by atoms with Crippen LogP contribution < -0.4 is 9.64 Å². The molecule has 0 radical (unpaired) electrons. The van der Waals surface area contributed by atoms with Crippen LogP contribution in [0.1, 0.15) is 59.3 Å². The van der Waals surface area contributed by atoms with Crippen molar-refractivity contribution in [3.8, 4) is 5.75 Å². The highest BCUT2D eigenvalue weighted by atomic mass is 19.4. The van der Waals surface area contributed by atoms with Gasteiger partial charge in [0.2, 0.25) is 5.91 Å². The van der Waals surface area contributed by atoms with E-state index >= 15 is 0 Å². The van der Waals surface area contributed by atoms with Crippen molar-refractivity contribution in [1.82, 2.24) is 0 Å². The number of rotatable bonds is 9. The van der Waals surface area contributed by atoms with Gasteiger partial charge in [0.15, 0.2) is 0 Å². The Labute approximate surface area is 141 Å². The highest BCUT2D eigenvalue weighted by molar-refractivity contribution is 5.94. The third-order valence-electron chi connectivity index (χ3n) is 3.67. The second kappa shape index (κ2) is 9.55. The van der Waals surface area contributed by atoms with E-state index in [1.807, 2.05) is 20.8 Å². The molecule has 0 bridgehead atoms. The average molecular weight is 345 g/mol. The van der Waals surface area contributed by atoms with Gasteiger partial charge in [-0.3, -0.25) is 4.79 Å². The second-order valence-corrected chi connectivity index (χ2v) is 5.79. The van der Waals surface area contributed by atoms with Gasteiger partial charge >= 0.3 is 6.36 Å². The number of hydrogen-bond donors (Lipinski definition) is 0. The maximum absolute atomic E-state index is 12.6. The number of carbonyl (C=O) groups excluding carboxylic acids is 1. The zero-order valence-electron chi connectivity index (χ0n) is 14.5. The van der Waals surface area contributed by atoms with Crippen LogP contribution in [0, 0.1) is 0 Å². The minimum atomic E-state index is -4.75. The molecule has 1 rings (SSSR count). The number of amides is 1. The Bertz CT molecular complexity index is 511. The standard InChI is InChI=1S/C18H26F3NO2/c1-4-8-14(9-5-2)22(17(23)10-6-3)15-11-7-12-16(13-15)24-18(19,20)21/h7,11-14H,4-6,8-10H2,1-3H3.